The minimum atomic E-state index is 0.811. The summed E-state index contributed by atoms with van der Waals surface area (Å²) in [7, 11) is 8.06. The lowest BCUT2D eigenvalue weighted by molar-refractivity contribution is 1.13. The molecule has 0 saturated heterocycles. The van der Waals surface area contributed by atoms with Crippen LogP contribution in [-0.2, 0) is 0 Å². The predicted octanol–water partition coefficient (Wildman–Crippen LogP) is 8.32. The Morgan fingerprint density at radius 1 is 0.353 bits per heavy atom. The van der Waals surface area contributed by atoms with E-state index in [2.05, 4.69) is 30.3 Å². The van der Waals surface area contributed by atoms with Crippen LogP contribution in [0.3, 0.4) is 0 Å². The van der Waals surface area contributed by atoms with Crippen LogP contribution < -0.4 is 9.80 Å². The van der Waals surface area contributed by atoms with Crippen LogP contribution in [0.4, 0.5) is 34.1 Å². The summed E-state index contributed by atoms with van der Waals surface area (Å²) < 4.78 is 0. The summed E-state index contributed by atoms with van der Waals surface area (Å²) >= 11 is 0. The van der Waals surface area contributed by atoms with Gasteiger partial charge in [-0.05, 0) is 83.9 Å². The quantitative estimate of drug-likeness (QED) is 0.267. The topological polar surface area (TPSA) is 55.9 Å². The van der Waals surface area contributed by atoms with Crippen LogP contribution in [0.1, 0.15) is 0 Å². The summed E-state index contributed by atoms with van der Waals surface area (Å²) in [6.45, 7) is 0. The molecule has 4 rings (SSSR count). The first kappa shape index (κ1) is 22.9. The fraction of sp³-hybridized carbons (Fsp3) is 0.143. The molecule has 34 heavy (non-hydrogen) atoms. The summed E-state index contributed by atoms with van der Waals surface area (Å²) in [4.78, 5) is 4.11. The van der Waals surface area contributed by atoms with Gasteiger partial charge in [-0.25, -0.2) is 0 Å². The molecule has 0 heterocycles. The molecule has 0 aliphatic rings. The maximum absolute atomic E-state index is 4.35. The number of hydrogen-bond acceptors (Lipinski definition) is 6. The molecule has 0 aliphatic carbocycles. The highest BCUT2D eigenvalue weighted by molar-refractivity contribution is 5.67. The third kappa shape index (κ3) is 5.92. The fourth-order valence-corrected chi connectivity index (χ4v) is 3.31. The standard InChI is InChI=1S/C28H28N6/c1-33(2)27-17-13-25(14-18-27)31-29-23-9-5-21(6-10-23)22-7-11-24(12-8-22)30-32-26-15-19-28(20-16-26)34(3)4/h5-20H,1-4H3. The highest BCUT2D eigenvalue weighted by Crippen LogP contribution is 2.27. The summed E-state index contributed by atoms with van der Waals surface area (Å²) in [6, 6.07) is 32.0. The molecular formula is C28H28N6. The molecule has 4 aromatic rings. The highest BCUT2D eigenvalue weighted by atomic mass is 15.1. The van der Waals surface area contributed by atoms with Crippen molar-refractivity contribution in [2.45, 2.75) is 0 Å². The maximum atomic E-state index is 4.35. The highest BCUT2D eigenvalue weighted by Gasteiger charge is 2.00. The second kappa shape index (κ2) is 10.5. The van der Waals surface area contributed by atoms with Crippen molar-refractivity contribution in [3.63, 3.8) is 0 Å². The Balaban J connectivity index is 1.38. The third-order valence-corrected chi connectivity index (χ3v) is 5.36. The van der Waals surface area contributed by atoms with Gasteiger partial charge in [-0.2, -0.15) is 20.5 Å². The van der Waals surface area contributed by atoms with Crippen molar-refractivity contribution in [1.29, 1.82) is 0 Å². The Morgan fingerprint density at radius 3 is 0.824 bits per heavy atom. The number of nitrogens with zero attached hydrogens (tertiary/aromatic N) is 6. The van der Waals surface area contributed by atoms with Gasteiger partial charge in [0.1, 0.15) is 0 Å². The van der Waals surface area contributed by atoms with Crippen LogP contribution >= 0.6 is 0 Å². The van der Waals surface area contributed by atoms with Gasteiger partial charge < -0.3 is 9.80 Å². The Hall–Kier alpha value is -4.32. The third-order valence-electron chi connectivity index (χ3n) is 5.36. The van der Waals surface area contributed by atoms with Gasteiger partial charge in [0, 0.05) is 39.6 Å². The first-order chi connectivity index (χ1) is 16.5. The Bertz CT molecular complexity index is 1150. The molecule has 6 nitrogen and oxygen atoms in total. The van der Waals surface area contributed by atoms with Crippen LogP contribution in [0.2, 0.25) is 0 Å². The van der Waals surface area contributed by atoms with Gasteiger partial charge in [0.05, 0.1) is 22.7 Å². The van der Waals surface area contributed by atoms with E-state index in [0.717, 1.165) is 45.3 Å². The van der Waals surface area contributed by atoms with Gasteiger partial charge >= 0.3 is 0 Å². The van der Waals surface area contributed by atoms with Gasteiger partial charge in [-0.15, -0.1) is 0 Å². The normalized spacial score (nSPS) is 11.3. The minimum absolute atomic E-state index is 0.811. The lowest BCUT2D eigenvalue weighted by atomic mass is 10.1. The number of azo groups is 2. The van der Waals surface area contributed by atoms with E-state index in [1.807, 2.05) is 125 Å². The van der Waals surface area contributed by atoms with Crippen LogP contribution in [0, 0.1) is 0 Å². The van der Waals surface area contributed by atoms with Gasteiger partial charge in [0.2, 0.25) is 0 Å². The molecule has 0 aromatic heterocycles. The molecular weight excluding hydrogens is 420 g/mol. The Kier molecular flexibility index (Phi) is 7.08. The molecule has 0 bridgehead atoms. The average molecular weight is 449 g/mol. The van der Waals surface area contributed by atoms with Gasteiger partial charge in [0.15, 0.2) is 0 Å². The largest absolute Gasteiger partial charge is 0.378 e. The molecule has 0 amide bonds. The van der Waals surface area contributed by atoms with Gasteiger partial charge in [0.25, 0.3) is 0 Å². The van der Waals surface area contributed by atoms with Crippen LogP contribution in [0.5, 0.6) is 0 Å². The van der Waals surface area contributed by atoms with Crippen molar-refractivity contribution < 1.29 is 0 Å². The van der Waals surface area contributed by atoms with E-state index in [9.17, 15) is 0 Å². The molecule has 0 saturated carbocycles. The fourth-order valence-electron chi connectivity index (χ4n) is 3.31. The first-order valence-corrected chi connectivity index (χ1v) is 11.1. The summed E-state index contributed by atoms with van der Waals surface area (Å²) in [6.07, 6.45) is 0. The van der Waals surface area contributed by atoms with Crippen LogP contribution in [0.25, 0.3) is 11.1 Å². The van der Waals surface area contributed by atoms with Crippen molar-refractivity contribution in [3.8, 4) is 11.1 Å². The smallest absolute Gasteiger partial charge is 0.0858 e. The number of anilines is 2. The van der Waals surface area contributed by atoms with E-state index >= 15 is 0 Å². The second-order valence-electron chi connectivity index (χ2n) is 8.32. The molecule has 0 unspecified atom stereocenters. The van der Waals surface area contributed by atoms with E-state index in [0.29, 0.717) is 0 Å². The number of hydrogen-bond donors (Lipinski definition) is 0. The maximum Gasteiger partial charge on any atom is 0.0858 e. The predicted molar refractivity (Wildman–Crippen MR) is 142 cm³/mol. The average Bonchev–Trinajstić information content (AvgIpc) is 2.87. The van der Waals surface area contributed by atoms with Gasteiger partial charge in [-0.3, -0.25) is 0 Å². The minimum Gasteiger partial charge on any atom is -0.378 e. The van der Waals surface area contributed by atoms with E-state index in [4.69, 9.17) is 0 Å². The molecule has 4 aromatic carbocycles. The Labute approximate surface area is 200 Å². The van der Waals surface area contributed by atoms with E-state index in [-0.39, 0.29) is 0 Å². The number of rotatable bonds is 7. The lowest BCUT2D eigenvalue weighted by Gasteiger charge is -2.11. The summed E-state index contributed by atoms with van der Waals surface area (Å²) in [5.41, 5.74) is 7.76. The molecule has 0 atom stereocenters. The van der Waals surface area contributed by atoms with Gasteiger partial charge in [-0.1, -0.05) is 24.3 Å². The summed E-state index contributed by atoms with van der Waals surface area (Å²) in [5, 5.41) is 17.4. The molecule has 0 spiro atoms. The van der Waals surface area contributed by atoms with E-state index in [1.54, 1.807) is 0 Å². The summed E-state index contributed by atoms with van der Waals surface area (Å²) in [5.74, 6) is 0. The van der Waals surface area contributed by atoms with Crippen molar-refractivity contribution >= 4 is 34.1 Å². The van der Waals surface area contributed by atoms with Crippen molar-refractivity contribution in [2.75, 3.05) is 38.0 Å². The molecule has 170 valence electrons. The second-order valence-corrected chi connectivity index (χ2v) is 8.32. The molecule has 0 radical (unpaired) electrons. The zero-order valence-electron chi connectivity index (χ0n) is 19.9. The number of benzene rings is 4. The zero-order chi connectivity index (χ0) is 23.9. The van der Waals surface area contributed by atoms with Crippen molar-refractivity contribution in [1.82, 2.24) is 0 Å². The molecule has 0 aliphatic heterocycles. The lowest BCUT2D eigenvalue weighted by Crippen LogP contribution is -2.07. The van der Waals surface area contributed by atoms with Crippen LogP contribution in [0.15, 0.2) is 118 Å². The van der Waals surface area contributed by atoms with E-state index in [1.165, 1.54) is 0 Å². The molecule has 6 heteroatoms. The zero-order valence-corrected chi connectivity index (χ0v) is 19.9. The monoisotopic (exact) mass is 448 g/mol. The van der Waals surface area contributed by atoms with Crippen molar-refractivity contribution in [2.24, 2.45) is 20.5 Å². The first-order valence-electron chi connectivity index (χ1n) is 11.1. The van der Waals surface area contributed by atoms with E-state index < -0.39 is 0 Å². The molecule has 0 fully saturated rings. The SMILES string of the molecule is CN(C)c1ccc(N=Nc2ccc(-c3ccc(N=Nc4ccc(N(C)C)cc4)cc3)cc2)cc1. The van der Waals surface area contributed by atoms with Crippen molar-refractivity contribution in [3.05, 3.63) is 97.1 Å². The van der Waals surface area contributed by atoms with Crippen LogP contribution in [-0.4, -0.2) is 28.2 Å². The molecule has 0 N–H and O–H groups in total. The Morgan fingerprint density at radius 2 is 0.588 bits per heavy atom.